The lowest BCUT2D eigenvalue weighted by Gasteiger charge is -2.09. The number of methoxy groups -OCH3 is 2. The third kappa shape index (κ3) is 4.01. The Labute approximate surface area is 163 Å². The number of nitrogens with zero attached hydrogens (tertiary/aromatic N) is 2. The van der Waals surface area contributed by atoms with Gasteiger partial charge in [-0.25, -0.2) is 4.99 Å². The van der Waals surface area contributed by atoms with Crippen LogP contribution >= 0.6 is 11.8 Å². The van der Waals surface area contributed by atoms with Gasteiger partial charge in [0.1, 0.15) is 11.5 Å². The van der Waals surface area contributed by atoms with Crippen LogP contribution in [0, 0.1) is 0 Å². The number of aryl methyl sites for hydroxylation is 1. The molecule has 2 aromatic carbocycles. The van der Waals surface area contributed by atoms with E-state index in [0.29, 0.717) is 21.6 Å². The summed E-state index contributed by atoms with van der Waals surface area (Å²) in [5, 5.41) is 0.661. The minimum absolute atomic E-state index is 0.0856. The van der Waals surface area contributed by atoms with Gasteiger partial charge >= 0.3 is 0 Å². The van der Waals surface area contributed by atoms with E-state index in [0.717, 1.165) is 23.2 Å². The van der Waals surface area contributed by atoms with Gasteiger partial charge in [0.25, 0.3) is 5.91 Å². The number of hydrogen-bond acceptors (Lipinski definition) is 5. The summed E-state index contributed by atoms with van der Waals surface area (Å²) in [5.74, 6) is 1.30. The largest absolute Gasteiger partial charge is 0.497 e. The minimum atomic E-state index is -0.0856. The number of amidine groups is 1. The summed E-state index contributed by atoms with van der Waals surface area (Å²) in [6.07, 6.45) is 2.71. The van der Waals surface area contributed by atoms with Crippen LogP contribution in [0.25, 0.3) is 6.08 Å². The Bertz CT molecular complexity index is 921. The van der Waals surface area contributed by atoms with E-state index in [-0.39, 0.29) is 5.91 Å². The molecular weight excluding hydrogens is 360 g/mol. The van der Waals surface area contributed by atoms with Crippen molar-refractivity contribution in [2.24, 2.45) is 4.99 Å². The van der Waals surface area contributed by atoms with Gasteiger partial charge in [0.2, 0.25) is 0 Å². The third-order valence-electron chi connectivity index (χ3n) is 4.32. The molecule has 0 unspecified atom stereocenters. The van der Waals surface area contributed by atoms with E-state index < -0.39 is 0 Å². The highest BCUT2D eigenvalue weighted by Crippen LogP contribution is 2.36. The average molecular weight is 382 g/mol. The molecule has 0 aromatic heterocycles. The predicted octanol–water partition coefficient (Wildman–Crippen LogP) is 4.50. The van der Waals surface area contributed by atoms with Crippen molar-refractivity contribution in [3.8, 4) is 11.5 Å². The monoisotopic (exact) mass is 382 g/mol. The van der Waals surface area contributed by atoms with E-state index in [2.05, 4.69) is 13.0 Å². The van der Waals surface area contributed by atoms with Crippen LogP contribution < -0.4 is 9.47 Å². The molecule has 0 radical (unpaired) electrons. The fraction of sp³-hybridized carbons (Fsp3) is 0.238. The number of rotatable bonds is 5. The standard InChI is InChI=1S/C21H22N2O3S/c1-5-14-8-6-7-9-17(14)22-21-23(2)20(24)19(27-21)13-15-12-16(25-3)10-11-18(15)26-4/h6-13H,5H2,1-4H3/b19-13+,22-21?. The molecule has 0 atom stereocenters. The van der Waals surface area contributed by atoms with Crippen molar-refractivity contribution in [3.05, 3.63) is 58.5 Å². The second kappa shape index (κ2) is 8.31. The van der Waals surface area contributed by atoms with Gasteiger partial charge in [0, 0.05) is 12.6 Å². The number of benzene rings is 2. The summed E-state index contributed by atoms with van der Waals surface area (Å²) < 4.78 is 10.7. The number of hydrogen-bond donors (Lipinski definition) is 0. The number of amides is 1. The van der Waals surface area contributed by atoms with Gasteiger partial charge in [-0.1, -0.05) is 25.1 Å². The molecule has 27 heavy (non-hydrogen) atoms. The maximum absolute atomic E-state index is 12.7. The lowest BCUT2D eigenvalue weighted by Crippen LogP contribution is -2.23. The highest BCUT2D eigenvalue weighted by atomic mass is 32.2. The smallest absolute Gasteiger partial charge is 0.266 e. The first-order chi connectivity index (χ1) is 13.1. The highest BCUT2D eigenvalue weighted by Gasteiger charge is 2.30. The van der Waals surface area contributed by atoms with Crippen LogP contribution in [-0.4, -0.2) is 37.2 Å². The minimum Gasteiger partial charge on any atom is -0.497 e. The fourth-order valence-corrected chi connectivity index (χ4v) is 3.74. The van der Waals surface area contributed by atoms with Crippen molar-refractivity contribution in [1.29, 1.82) is 0 Å². The zero-order valence-corrected chi connectivity index (χ0v) is 16.7. The molecule has 0 spiro atoms. The van der Waals surface area contributed by atoms with Gasteiger partial charge < -0.3 is 9.47 Å². The normalized spacial score (nSPS) is 17.0. The fourth-order valence-electron chi connectivity index (χ4n) is 2.77. The molecule has 1 aliphatic heterocycles. The molecule has 140 valence electrons. The number of thioether (sulfide) groups is 1. The van der Waals surface area contributed by atoms with Crippen LogP contribution in [0.15, 0.2) is 52.4 Å². The summed E-state index contributed by atoms with van der Waals surface area (Å²) in [7, 11) is 4.96. The molecule has 0 bridgehead atoms. The first-order valence-electron chi connectivity index (χ1n) is 8.63. The summed E-state index contributed by atoms with van der Waals surface area (Å²) in [6.45, 7) is 2.09. The van der Waals surface area contributed by atoms with Crippen LogP contribution in [0.2, 0.25) is 0 Å². The van der Waals surface area contributed by atoms with Crippen molar-refractivity contribution in [1.82, 2.24) is 4.90 Å². The Morgan fingerprint density at radius 1 is 1.15 bits per heavy atom. The van der Waals surface area contributed by atoms with Crippen LogP contribution in [0.5, 0.6) is 11.5 Å². The molecule has 5 nitrogen and oxygen atoms in total. The molecular formula is C21H22N2O3S. The van der Waals surface area contributed by atoms with Crippen LogP contribution in [0.3, 0.4) is 0 Å². The lowest BCUT2D eigenvalue weighted by molar-refractivity contribution is -0.121. The Morgan fingerprint density at radius 3 is 2.63 bits per heavy atom. The van der Waals surface area contributed by atoms with Crippen LogP contribution in [-0.2, 0) is 11.2 Å². The van der Waals surface area contributed by atoms with Crippen LogP contribution in [0.1, 0.15) is 18.1 Å². The van der Waals surface area contributed by atoms with Crippen molar-refractivity contribution in [2.75, 3.05) is 21.3 Å². The first-order valence-corrected chi connectivity index (χ1v) is 9.45. The molecule has 1 saturated heterocycles. The van der Waals surface area contributed by atoms with Crippen molar-refractivity contribution in [3.63, 3.8) is 0 Å². The first kappa shape index (κ1) is 19.0. The lowest BCUT2D eigenvalue weighted by atomic mass is 10.1. The maximum Gasteiger partial charge on any atom is 0.266 e. The molecule has 0 N–H and O–H groups in total. The molecule has 6 heteroatoms. The van der Waals surface area contributed by atoms with Crippen molar-refractivity contribution < 1.29 is 14.3 Å². The molecule has 1 fully saturated rings. The Balaban J connectivity index is 1.97. The zero-order chi connectivity index (χ0) is 19.4. The molecule has 0 aliphatic carbocycles. The Hall–Kier alpha value is -2.73. The molecule has 1 aliphatic rings. The van der Waals surface area contributed by atoms with E-state index >= 15 is 0 Å². The van der Waals surface area contributed by atoms with Gasteiger partial charge in [-0.15, -0.1) is 0 Å². The average Bonchev–Trinajstić information content (AvgIpc) is 2.96. The van der Waals surface area contributed by atoms with Gasteiger partial charge in [0.05, 0.1) is 24.8 Å². The van der Waals surface area contributed by atoms with Gasteiger partial charge in [-0.05, 0) is 54.1 Å². The summed E-state index contributed by atoms with van der Waals surface area (Å²) in [6, 6.07) is 13.5. The maximum atomic E-state index is 12.7. The second-order valence-corrected chi connectivity index (χ2v) is 6.97. The second-order valence-electron chi connectivity index (χ2n) is 5.96. The molecule has 2 aromatic rings. The number of likely N-dealkylation sites (N-methyl/N-ethyl adjacent to an activating group) is 1. The Morgan fingerprint density at radius 2 is 1.93 bits per heavy atom. The van der Waals surface area contributed by atoms with Gasteiger partial charge in [-0.3, -0.25) is 9.69 Å². The number of aliphatic imine (C=N–C) groups is 1. The number of carbonyl (C=O) groups excluding carboxylic acids is 1. The zero-order valence-electron chi connectivity index (χ0n) is 15.9. The van der Waals surface area contributed by atoms with Crippen molar-refractivity contribution >= 4 is 34.6 Å². The van der Waals surface area contributed by atoms with E-state index in [9.17, 15) is 4.79 Å². The van der Waals surface area contributed by atoms with E-state index in [1.54, 1.807) is 26.2 Å². The molecule has 1 heterocycles. The van der Waals surface area contributed by atoms with E-state index in [1.165, 1.54) is 11.8 Å². The van der Waals surface area contributed by atoms with E-state index in [1.807, 2.05) is 42.5 Å². The quantitative estimate of drug-likeness (QED) is 0.715. The summed E-state index contributed by atoms with van der Waals surface area (Å²) >= 11 is 1.36. The highest BCUT2D eigenvalue weighted by molar-refractivity contribution is 8.18. The number of para-hydroxylation sites is 1. The number of ether oxygens (including phenoxy) is 2. The molecule has 0 saturated carbocycles. The topological polar surface area (TPSA) is 51.1 Å². The molecule has 1 amide bonds. The molecule has 3 rings (SSSR count). The summed E-state index contributed by atoms with van der Waals surface area (Å²) in [5.41, 5.74) is 2.83. The number of carbonyl (C=O) groups is 1. The van der Waals surface area contributed by atoms with Crippen molar-refractivity contribution in [2.45, 2.75) is 13.3 Å². The predicted molar refractivity (Wildman–Crippen MR) is 111 cm³/mol. The van der Waals surface area contributed by atoms with E-state index in [4.69, 9.17) is 14.5 Å². The van der Waals surface area contributed by atoms with Gasteiger partial charge in [0.15, 0.2) is 5.17 Å². The summed E-state index contributed by atoms with van der Waals surface area (Å²) in [4.78, 5) is 19.6. The van der Waals surface area contributed by atoms with Gasteiger partial charge in [-0.2, -0.15) is 0 Å². The third-order valence-corrected chi connectivity index (χ3v) is 5.38. The SMILES string of the molecule is CCc1ccccc1N=C1S/C(=C/c2cc(OC)ccc2OC)C(=O)N1C. The Kier molecular flexibility index (Phi) is 5.86. The van der Waals surface area contributed by atoms with Crippen LogP contribution in [0.4, 0.5) is 5.69 Å².